The number of benzene rings is 1. The van der Waals surface area contributed by atoms with Crippen molar-refractivity contribution in [1.82, 2.24) is 0 Å². The monoisotopic (exact) mass is 472 g/mol. The van der Waals surface area contributed by atoms with Crippen molar-refractivity contribution in [3.63, 3.8) is 0 Å². The number of hydrogen-bond acceptors (Lipinski definition) is 7. The van der Waals surface area contributed by atoms with Gasteiger partial charge in [-0.25, -0.2) is 0 Å². The zero-order valence-electron chi connectivity index (χ0n) is 21.3. The van der Waals surface area contributed by atoms with Crippen molar-refractivity contribution in [2.45, 2.75) is 92.3 Å². The molecule has 2 saturated carbocycles. The fraction of sp³-hybridized carbons (Fsp3) is 0.667. The molecular weight excluding hydrogens is 436 g/mol. The summed E-state index contributed by atoms with van der Waals surface area (Å²) in [6.45, 7) is 13.1. The third-order valence-electron chi connectivity index (χ3n) is 8.40. The number of hydrogen-bond donors (Lipinski definition) is 0. The summed E-state index contributed by atoms with van der Waals surface area (Å²) in [7, 11) is 0. The summed E-state index contributed by atoms with van der Waals surface area (Å²) < 4.78 is 23.4. The average Bonchev–Trinajstić information content (AvgIpc) is 2.66. The largest absolute Gasteiger partial charge is 0.487 e. The van der Waals surface area contributed by atoms with Gasteiger partial charge >= 0.3 is 17.9 Å². The van der Waals surface area contributed by atoms with E-state index >= 15 is 0 Å². The molecule has 7 nitrogen and oxygen atoms in total. The topological polar surface area (TPSA) is 88.1 Å². The molecule has 186 valence electrons. The van der Waals surface area contributed by atoms with Crippen molar-refractivity contribution < 1.29 is 33.3 Å². The summed E-state index contributed by atoms with van der Waals surface area (Å²) in [6, 6.07) is 3.20. The van der Waals surface area contributed by atoms with E-state index in [-0.39, 0.29) is 34.2 Å². The Balaban J connectivity index is 1.90. The predicted octanol–water partition coefficient (Wildman–Crippen LogP) is 5.54. The number of carbonyl (C=O) groups excluding carboxylic acids is 3. The van der Waals surface area contributed by atoms with Crippen LogP contribution in [0.2, 0.25) is 0 Å². The molecule has 1 aromatic carbocycles. The highest BCUT2D eigenvalue weighted by Crippen LogP contribution is 2.67. The first kappa shape index (κ1) is 24.6. The summed E-state index contributed by atoms with van der Waals surface area (Å²) in [6.07, 6.45) is 4.59. The fourth-order valence-electron chi connectivity index (χ4n) is 7.40. The van der Waals surface area contributed by atoms with E-state index in [2.05, 4.69) is 27.7 Å². The lowest BCUT2D eigenvalue weighted by Crippen LogP contribution is -2.63. The Labute approximate surface area is 201 Å². The molecule has 0 aromatic heterocycles. The van der Waals surface area contributed by atoms with Crippen molar-refractivity contribution in [1.29, 1.82) is 0 Å². The lowest BCUT2D eigenvalue weighted by molar-refractivity contribution is -0.212. The lowest BCUT2D eigenvalue weighted by atomic mass is 9.44. The molecule has 0 spiro atoms. The van der Waals surface area contributed by atoms with Crippen LogP contribution in [0.15, 0.2) is 12.1 Å². The Morgan fingerprint density at radius 1 is 0.882 bits per heavy atom. The Hall–Kier alpha value is -2.57. The highest BCUT2D eigenvalue weighted by Gasteiger charge is 2.64. The Bertz CT molecular complexity index is 1030. The smallest absolute Gasteiger partial charge is 0.308 e. The third kappa shape index (κ3) is 4.07. The molecule has 2 fully saturated rings. The lowest BCUT2D eigenvalue weighted by Gasteiger charge is -2.64. The molecule has 0 amide bonds. The molecule has 4 rings (SSSR count). The minimum absolute atomic E-state index is 0.0838. The first-order valence-corrected chi connectivity index (χ1v) is 12.2. The van der Waals surface area contributed by atoms with Crippen molar-refractivity contribution in [3.8, 4) is 17.2 Å². The molecule has 1 aromatic rings. The first-order valence-electron chi connectivity index (χ1n) is 12.2. The van der Waals surface area contributed by atoms with E-state index in [1.54, 1.807) is 12.1 Å². The maximum atomic E-state index is 12.3. The summed E-state index contributed by atoms with van der Waals surface area (Å²) in [4.78, 5) is 35.8. The number of ether oxygens (including phenoxy) is 4. The molecule has 34 heavy (non-hydrogen) atoms. The number of fused-ring (bicyclic) bond motifs is 4. The summed E-state index contributed by atoms with van der Waals surface area (Å²) in [5, 5.41) is 0. The van der Waals surface area contributed by atoms with Crippen molar-refractivity contribution in [2.24, 2.45) is 22.7 Å². The Morgan fingerprint density at radius 3 is 2.09 bits per heavy atom. The van der Waals surface area contributed by atoms with Crippen LogP contribution in [-0.2, 0) is 19.1 Å². The van der Waals surface area contributed by atoms with Gasteiger partial charge in [-0.2, -0.15) is 0 Å². The summed E-state index contributed by atoms with van der Waals surface area (Å²) in [5.74, 6) is -0.396. The van der Waals surface area contributed by atoms with Crippen LogP contribution in [0.25, 0.3) is 0 Å². The Kier molecular flexibility index (Phi) is 5.98. The van der Waals surface area contributed by atoms with Crippen molar-refractivity contribution in [3.05, 3.63) is 17.7 Å². The highest BCUT2D eigenvalue weighted by atomic mass is 16.6. The van der Waals surface area contributed by atoms with Gasteiger partial charge in [-0.3, -0.25) is 14.4 Å². The van der Waals surface area contributed by atoms with Gasteiger partial charge in [-0.05, 0) is 55.4 Å². The van der Waals surface area contributed by atoms with Gasteiger partial charge in [-0.15, -0.1) is 0 Å². The van der Waals surface area contributed by atoms with Crippen LogP contribution in [0.3, 0.4) is 0 Å². The van der Waals surface area contributed by atoms with Crippen molar-refractivity contribution >= 4 is 17.9 Å². The van der Waals surface area contributed by atoms with Crippen LogP contribution in [0.5, 0.6) is 17.2 Å². The molecule has 1 unspecified atom stereocenters. The maximum absolute atomic E-state index is 12.3. The average molecular weight is 473 g/mol. The minimum Gasteiger partial charge on any atom is -0.487 e. The van der Waals surface area contributed by atoms with Gasteiger partial charge in [0.25, 0.3) is 0 Å². The summed E-state index contributed by atoms with van der Waals surface area (Å²) >= 11 is 0. The highest BCUT2D eigenvalue weighted by molar-refractivity contribution is 5.75. The van der Waals surface area contributed by atoms with E-state index in [0.717, 1.165) is 25.7 Å². The normalized spacial score (nSPS) is 33.3. The quantitative estimate of drug-likeness (QED) is 0.422. The maximum Gasteiger partial charge on any atom is 0.308 e. The van der Waals surface area contributed by atoms with E-state index in [9.17, 15) is 14.4 Å². The standard InChI is InChI=1S/C27H36O7/c1-15(28)31-20-13-18-19(14-21(20)32-16(2)29)34-27(7)12-9-22-25(4,5)10-8-11-26(22,6)24(27)23(18)33-17(3)30/h13-14,22-24H,8-12H2,1-7H3/t22-,23?,24+,26-,27-/m1/s1. The number of esters is 3. The second-order valence-corrected chi connectivity index (χ2v) is 11.4. The zero-order valence-corrected chi connectivity index (χ0v) is 21.3. The minimum atomic E-state index is -0.575. The van der Waals surface area contributed by atoms with Gasteiger partial charge in [0.2, 0.25) is 0 Å². The van der Waals surface area contributed by atoms with E-state index in [1.807, 2.05) is 0 Å². The number of rotatable bonds is 3. The van der Waals surface area contributed by atoms with E-state index in [4.69, 9.17) is 18.9 Å². The molecule has 7 heteroatoms. The fourth-order valence-corrected chi connectivity index (χ4v) is 7.40. The molecule has 0 N–H and O–H groups in total. The molecule has 5 atom stereocenters. The van der Waals surface area contributed by atoms with Gasteiger partial charge in [-0.1, -0.05) is 27.2 Å². The molecule has 1 heterocycles. The van der Waals surface area contributed by atoms with Crippen LogP contribution in [0, 0.1) is 22.7 Å². The molecule has 0 bridgehead atoms. The van der Waals surface area contributed by atoms with Gasteiger partial charge in [0.1, 0.15) is 17.5 Å². The molecule has 0 saturated heterocycles. The van der Waals surface area contributed by atoms with Gasteiger partial charge in [0, 0.05) is 38.3 Å². The number of carbonyl (C=O) groups is 3. The SMILES string of the molecule is CC(=O)Oc1cc2c(cc1OC(C)=O)C(OC(C)=O)[C@H]1[C@]3(C)CCCC(C)(C)[C@H]3CC[C@@]1(C)O2. The summed E-state index contributed by atoms with van der Waals surface area (Å²) in [5.41, 5.74) is 0.137. The zero-order chi connectivity index (χ0) is 25.1. The van der Waals surface area contributed by atoms with Crippen LogP contribution < -0.4 is 14.2 Å². The van der Waals surface area contributed by atoms with E-state index < -0.39 is 23.6 Å². The molecule has 3 aliphatic rings. The molecule has 2 aliphatic carbocycles. The first-order chi connectivity index (χ1) is 15.8. The van der Waals surface area contributed by atoms with Gasteiger partial charge in [0.15, 0.2) is 11.5 Å². The second-order valence-electron chi connectivity index (χ2n) is 11.4. The second kappa shape index (κ2) is 8.28. The third-order valence-corrected chi connectivity index (χ3v) is 8.40. The van der Waals surface area contributed by atoms with E-state index in [0.29, 0.717) is 17.2 Å². The predicted molar refractivity (Wildman–Crippen MR) is 125 cm³/mol. The molecule has 1 aliphatic heterocycles. The van der Waals surface area contributed by atoms with Crippen LogP contribution in [0.4, 0.5) is 0 Å². The Morgan fingerprint density at radius 2 is 1.50 bits per heavy atom. The van der Waals surface area contributed by atoms with E-state index in [1.165, 1.54) is 27.2 Å². The van der Waals surface area contributed by atoms with Gasteiger partial charge < -0.3 is 18.9 Å². The van der Waals surface area contributed by atoms with Crippen LogP contribution >= 0.6 is 0 Å². The van der Waals surface area contributed by atoms with Crippen molar-refractivity contribution in [2.75, 3.05) is 0 Å². The van der Waals surface area contributed by atoms with Crippen LogP contribution in [0.1, 0.15) is 92.2 Å². The molecule has 0 radical (unpaired) electrons. The van der Waals surface area contributed by atoms with Gasteiger partial charge in [0.05, 0.1) is 0 Å². The molecular formula is C27H36O7. The van der Waals surface area contributed by atoms with Crippen LogP contribution in [-0.4, -0.2) is 23.5 Å².